The average molecular weight is 284 g/mol. The van der Waals surface area contributed by atoms with Gasteiger partial charge in [0.25, 0.3) is 0 Å². The maximum atomic E-state index is 12.8. The Morgan fingerprint density at radius 2 is 1.86 bits per heavy atom. The highest BCUT2D eigenvalue weighted by atomic mass is 19.1. The molecule has 0 heterocycles. The fourth-order valence-electron chi connectivity index (χ4n) is 1.98. The van der Waals surface area contributed by atoms with Crippen LogP contribution in [0.15, 0.2) is 48.5 Å². The van der Waals surface area contributed by atoms with E-state index in [-0.39, 0.29) is 5.82 Å². The molecule has 4 heteroatoms. The molecule has 0 unspecified atom stereocenters. The second-order valence-electron chi connectivity index (χ2n) is 4.82. The minimum absolute atomic E-state index is 0.224. The summed E-state index contributed by atoms with van der Waals surface area (Å²) in [4.78, 5) is 2.09. The fourth-order valence-corrected chi connectivity index (χ4v) is 1.98. The van der Waals surface area contributed by atoms with E-state index in [1.807, 2.05) is 19.2 Å². The molecular weight excluding hydrogens is 267 g/mol. The molecule has 0 aliphatic heterocycles. The quantitative estimate of drug-likeness (QED) is 0.817. The summed E-state index contributed by atoms with van der Waals surface area (Å²) in [5, 5.41) is 8.97. The number of nitriles is 1. The first-order valence-electron chi connectivity index (χ1n) is 6.74. The van der Waals surface area contributed by atoms with Crippen molar-refractivity contribution in [2.75, 3.05) is 20.2 Å². The largest absolute Gasteiger partial charge is 0.491 e. The van der Waals surface area contributed by atoms with E-state index < -0.39 is 0 Å². The van der Waals surface area contributed by atoms with Gasteiger partial charge in [-0.2, -0.15) is 5.26 Å². The van der Waals surface area contributed by atoms with E-state index in [0.717, 1.165) is 18.7 Å². The van der Waals surface area contributed by atoms with E-state index in [4.69, 9.17) is 10.00 Å². The van der Waals surface area contributed by atoms with Gasteiger partial charge in [-0.1, -0.05) is 24.3 Å². The van der Waals surface area contributed by atoms with Gasteiger partial charge in [-0.25, -0.2) is 4.39 Å². The van der Waals surface area contributed by atoms with Crippen LogP contribution in [-0.4, -0.2) is 25.1 Å². The van der Waals surface area contributed by atoms with E-state index >= 15 is 0 Å². The van der Waals surface area contributed by atoms with Crippen LogP contribution in [0.4, 0.5) is 4.39 Å². The standard InChI is InChI=1S/C17H17FN2O/c1-20(13-14-6-8-16(18)9-7-14)10-11-21-17-5-3-2-4-15(17)12-19/h2-9H,10-11,13H2,1H3. The van der Waals surface area contributed by atoms with Gasteiger partial charge in [-0.15, -0.1) is 0 Å². The smallest absolute Gasteiger partial charge is 0.137 e. The Bertz CT molecular complexity index is 619. The number of likely N-dealkylation sites (N-methyl/N-ethyl adjacent to an activating group) is 1. The summed E-state index contributed by atoms with van der Waals surface area (Å²) in [6.07, 6.45) is 0. The molecule has 0 spiro atoms. The predicted molar refractivity (Wildman–Crippen MR) is 79.4 cm³/mol. The highest BCUT2D eigenvalue weighted by Crippen LogP contribution is 2.16. The van der Waals surface area contributed by atoms with E-state index in [0.29, 0.717) is 17.9 Å². The van der Waals surface area contributed by atoms with Gasteiger partial charge in [-0.05, 0) is 36.9 Å². The van der Waals surface area contributed by atoms with Crippen LogP contribution in [0.2, 0.25) is 0 Å². The molecule has 2 aromatic rings. The fraction of sp³-hybridized carbons (Fsp3) is 0.235. The van der Waals surface area contributed by atoms with Crippen molar-refractivity contribution < 1.29 is 9.13 Å². The van der Waals surface area contributed by atoms with Gasteiger partial charge >= 0.3 is 0 Å². The van der Waals surface area contributed by atoms with Crippen molar-refractivity contribution in [3.8, 4) is 11.8 Å². The molecular formula is C17H17FN2O. The van der Waals surface area contributed by atoms with E-state index in [2.05, 4.69) is 11.0 Å². The van der Waals surface area contributed by atoms with Gasteiger partial charge in [-0.3, -0.25) is 4.90 Å². The molecule has 2 aromatic carbocycles. The maximum Gasteiger partial charge on any atom is 0.137 e. The number of nitrogens with zero attached hydrogens (tertiary/aromatic N) is 2. The average Bonchev–Trinajstić information content (AvgIpc) is 2.50. The monoisotopic (exact) mass is 284 g/mol. The van der Waals surface area contributed by atoms with Crippen LogP contribution in [0.3, 0.4) is 0 Å². The van der Waals surface area contributed by atoms with Crippen LogP contribution >= 0.6 is 0 Å². The van der Waals surface area contributed by atoms with Crippen molar-refractivity contribution in [2.45, 2.75) is 6.54 Å². The Kier molecular flexibility index (Phi) is 5.30. The summed E-state index contributed by atoms with van der Waals surface area (Å²) in [7, 11) is 1.98. The van der Waals surface area contributed by atoms with Crippen LogP contribution in [0.25, 0.3) is 0 Å². The molecule has 0 amide bonds. The lowest BCUT2D eigenvalue weighted by Gasteiger charge is -2.17. The van der Waals surface area contributed by atoms with Gasteiger partial charge in [0.2, 0.25) is 0 Å². The molecule has 0 fully saturated rings. The number of ether oxygens (including phenoxy) is 1. The van der Waals surface area contributed by atoms with Crippen molar-refractivity contribution in [1.82, 2.24) is 4.90 Å². The molecule has 0 saturated carbocycles. The van der Waals surface area contributed by atoms with Crippen molar-refractivity contribution in [2.24, 2.45) is 0 Å². The minimum Gasteiger partial charge on any atom is -0.491 e. The van der Waals surface area contributed by atoms with Crippen molar-refractivity contribution in [1.29, 1.82) is 5.26 Å². The molecule has 0 aliphatic carbocycles. The summed E-state index contributed by atoms with van der Waals surface area (Å²) < 4.78 is 18.5. The van der Waals surface area contributed by atoms with Crippen LogP contribution in [-0.2, 0) is 6.54 Å². The van der Waals surface area contributed by atoms with E-state index in [9.17, 15) is 4.39 Å². The number of para-hydroxylation sites is 1. The first kappa shape index (κ1) is 15.0. The third-order valence-corrected chi connectivity index (χ3v) is 3.10. The molecule has 0 aliphatic rings. The normalized spacial score (nSPS) is 10.4. The summed E-state index contributed by atoms with van der Waals surface area (Å²) >= 11 is 0. The molecule has 108 valence electrons. The molecule has 0 atom stereocenters. The Balaban J connectivity index is 1.80. The Morgan fingerprint density at radius 3 is 2.57 bits per heavy atom. The zero-order valence-corrected chi connectivity index (χ0v) is 11.9. The predicted octanol–water partition coefficient (Wildman–Crippen LogP) is 3.21. The molecule has 2 rings (SSSR count). The Hall–Kier alpha value is -2.38. The summed E-state index contributed by atoms with van der Waals surface area (Å²) in [5.41, 5.74) is 1.59. The van der Waals surface area contributed by atoms with Crippen molar-refractivity contribution >= 4 is 0 Å². The second kappa shape index (κ2) is 7.41. The van der Waals surface area contributed by atoms with Crippen LogP contribution in [0.5, 0.6) is 5.75 Å². The zero-order chi connectivity index (χ0) is 15.1. The second-order valence-corrected chi connectivity index (χ2v) is 4.82. The number of hydrogen-bond donors (Lipinski definition) is 0. The van der Waals surface area contributed by atoms with E-state index in [1.165, 1.54) is 12.1 Å². The Labute approximate surface area is 124 Å². The van der Waals surface area contributed by atoms with E-state index in [1.54, 1.807) is 24.3 Å². The van der Waals surface area contributed by atoms with Crippen molar-refractivity contribution in [3.63, 3.8) is 0 Å². The van der Waals surface area contributed by atoms with Gasteiger partial charge in [0.1, 0.15) is 24.2 Å². The number of rotatable bonds is 6. The molecule has 3 nitrogen and oxygen atoms in total. The zero-order valence-electron chi connectivity index (χ0n) is 11.9. The molecule has 0 aromatic heterocycles. The molecule has 0 N–H and O–H groups in total. The topological polar surface area (TPSA) is 36.3 Å². The highest BCUT2D eigenvalue weighted by Gasteiger charge is 2.04. The van der Waals surface area contributed by atoms with Gasteiger partial charge in [0.15, 0.2) is 0 Å². The summed E-state index contributed by atoms with van der Waals surface area (Å²) in [6.45, 7) is 1.94. The lowest BCUT2D eigenvalue weighted by atomic mass is 10.2. The molecule has 21 heavy (non-hydrogen) atoms. The highest BCUT2D eigenvalue weighted by molar-refractivity contribution is 5.42. The van der Waals surface area contributed by atoms with Crippen LogP contribution in [0.1, 0.15) is 11.1 Å². The lowest BCUT2D eigenvalue weighted by molar-refractivity contribution is 0.232. The van der Waals surface area contributed by atoms with Gasteiger partial charge in [0, 0.05) is 13.1 Å². The SMILES string of the molecule is CN(CCOc1ccccc1C#N)Cc1ccc(F)cc1. The summed E-state index contributed by atoms with van der Waals surface area (Å²) in [5.74, 6) is 0.382. The number of benzene rings is 2. The molecule has 0 radical (unpaired) electrons. The first-order chi connectivity index (χ1) is 10.2. The summed E-state index contributed by atoms with van der Waals surface area (Å²) in [6, 6.07) is 15.8. The third kappa shape index (κ3) is 4.59. The maximum absolute atomic E-state index is 12.8. The number of hydrogen-bond acceptors (Lipinski definition) is 3. The van der Waals surface area contributed by atoms with Crippen LogP contribution in [0, 0.1) is 17.1 Å². The minimum atomic E-state index is -0.224. The van der Waals surface area contributed by atoms with Gasteiger partial charge in [0.05, 0.1) is 5.56 Å². The van der Waals surface area contributed by atoms with Crippen molar-refractivity contribution in [3.05, 3.63) is 65.5 Å². The van der Waals surface area contributed by atoms with Gasteiger partial charge < -0.3 is 4.74 Å². The molecule has 0 saturated heterocycles. The first-order valence-corrected chi connectivity index (χ1v) is 6.74. The Morgan fingerprint density at radius 1 is 1.14 bits per heavy atom. The lowest BCUT2D eigenvalue weighted by Crippen LogP contribution is -2.24. The molecule has 0 bridgehead atoms. The number of halogens is 1. The van der Waals surface area contributed by atoms with Crippen LogP contribution < -0.4 is 4.74 Å². The third-order valence-electron chi connectivity index (χ3n) is 3.10.